The molecule has 0 spiro atoms. The summed E-state index contributed by atoms with van der Waals surface area (Å²) in [4.78, 5) is 16.7. The third kappa shape index (κ3) is 5.75. The van der Waals surface area contributed by atoms with E-state index in [4.69, 9.17) is 4.74 Å². The van der Waals surface area contributed by atoms with Crippen molar-refractivity contribution >= 4 is 17.7 Å². The number of nitrogens with one attached hydrogen (secondary N) is 1. The average molecular weight is 464 g/mol. The number of hydrogen-bond acceptors (Lipinski definition) is 6. The zero-order valence-corrected chi connectivity index (χ0v) is 18.8. The molecule has 0 fully saturated rings. The fourth-order valence-corrected chi connectivity index (χ4v) is 3.95. The third-order valence-corrected chi connectivity index (χ3v) is 5.76. The Morgan fingerprint density at radius 2 is 1.97 bits per heavy atom. The maximum absolute atomic E-state index is 13.4. The van der Waals surface area contributed by atoms with Crippen LogP contribution in [-0.2, 0) is 17.8 Å². The van der Waals surface area contributed by atoms with Crippen molar-refractivity contribution in [3.63, 3.8) is 0 Å². The van der Waals surface area contributed by atoms with E-state index in [1.165, 1.54) is 29.5 Å². The molecule has 2 aromatic carbocycles. The Labute approximate surface area is 195 Å². The van der Waals surface area contributed by atoms with Gasteiger partial charge in [0.15, 0.2) is 5.16 Å². The van der Waals surface area contributed by atoms with Gasteiger partial charge in [0.25, 0.3) is 0 Å². The molecule has 0 saturated carbocycles. The normalized spacial score (nSPS) is 10.7. The lowest BCUT2D eigenvalue weighted by Gasteiger charge is -2.12. The first-order chi connectivity index (χ1) is 16.1. The van der Waals surface area contributed by atoms with E-state index in [-0.39, 0.29) is 18.2 Å². The molecule has 168 valence electrons. The summed E-state index contributed by atoms with van der Waals surface area (Å²) >= 11 is 1.31. The van der Waals surface area contributed by atoms with Crippen LogP contribution in [0.5, 0.6) is 11.6 Å². The highest BCUT2D eigenvalue weighted by molar-refractivity contribution is 7.99. The number of carbonyl (C=O) groups is 1. The number of nitrogens with zero attached hydrogens (tertiary/aromatic N) is 4. The molecule has 1 N–H and O–H groups in total. The van der Waals surface area contributed by atoms with Gasteiger partial charge in [-0.25, -0.2) is 9.37 Å². The maximum atomic E-state index is 13.4. The highest BCUT2D eigenvalue weighted by Gasteiger charge is 2.13. The molecule has 0 aliphatic rings. The highest BCUT2D eigenvalue weighted by Crippen LogP contribution is 2.24. The number of aryl methyl sites for hydroxylation is 1. The van der Waals surface area contributed by atoms with Gasteiger partial charge in [0, 0.05) is 24.4 Å². The minimum absolute atomic E-state index is 0.168. The van der Waals surface area contributed by atoms with Gasteiger partial charge >= 0.3 is 0 Å². The Kier molecular flexibility index (Phi) is 7.31. The average Bonchev–Trinajstić information content (AvgIpc) is 3.30. The summed E-state index contributed by atoms with van der Waals surface area (Å²) in [5.41, 5.74) is 2.86. The van der Waals surface area contributed by atoms with Gasteiger partial charge in [-0.05, 0) is 36.2 Å². The number of rotatable bonds is 9. The number of benzene rings is 2. The SMILES string of the molecule is CCc1ccccc1-n1cnnc1SCC(=O)NCc1cccnc1Oc1cccc(F)c1. The Balaban J connectivity index is 1.37. The van der Waals surface area contributed by atoms with Gasteiger partial charge in [0.1, 0.15) is 17.9 Å². The predicted octanol–water partition coefficient (Wildman–Crippen LogP) is 4.56. The number of halogens is 1. The van der Waals surface area contributed by atoms with Crippen LogP contribution in [0.1, 0.15) is 18.1 Å². The molecule has 33 heavy (non-hydrogen) atoms. The molecule has 0 radical (unpaired) electrons. The fraction of sp³-hybridized carbons (Fsp3) is 0.167. The first kappa shape index (κ1) is 22.5. The van der Waals surface area contributed by atoms with E-state index < -0.39 is 5.82 Å². The number of pyridine rings is 1. The van der Waals surface area contributed by atoms with E-state index >= 15 is 0 Å². The molecule has 0 unspecified atom stereocenters. The molecule has 0 aliphatic carbocycles. The first-order valence-corrected chi connectivity index (χ1v) is 11.4. The second-order valence-corrected chi connectivity index (χ2v) is 8.00. The lowest BCUT2D eigenvalue weighted by atomic mass is 10.1. The van der Waals surface area contributed by atoms with Crippen LogP contribution in [-0.4, -0.2) is 31.4 Å². The number of carbonyl (C=O) groups excluding carboxylic acids is 1. The Morgan fingerprint density at radius 1 is 1.12 bits per heavy atom. The van der Waals surface area contributed by atoms with E-state index in [0.29, 0.717) is 22.3 Å². The zero-order chi connectivity index (χ0) is 23.0. The molecule has 1 amide bonds. The van der Waals surface area contributed by atoms with Gasteiger partial charge < -0.3 is 10.1 Å². The number of aromatic nitrogens is 4. The number of thioether (sulfide) groups is 1. The van der Waals surface area contributed by atoms with E-state index in [1.807, 2.05) is 22.8 Å². The van der Waals surface area contributed by atoms with Gasteiger partial charge in [0.05, 0.1) is 11.4 Å². The predicted molar refractivity (Wildman–Crippen MR) is 124 cm³/mol. The molecule has 4 rings (SSSR count). The summed E-state index contributed by atoms with van der Waals surface area (Å²) in [6, 6.07) is 17.4. The number of amides is 1. The minimum Gasteiger partial charge on any atom is -0.439 e. The summed E-state index contributed by atoms with van der Waals surface area (Å²) in [7, 11) is 0. The Bertz CT molecular complexity index is 1250. The van der Waals surface area contributed by atoms with Gasteiger partial charge in [-0.1, -0.05) is 49.0 Å². The molecule has 4 aromatic rings. The summed E-state index contributed by atoms with van der Waals surface area (Å²) in [5, 5.41) is 11.7. The molecule has 0 saturated heterocycles. The Morgan fingerprint density at radius 3 is 2.82 bits per heavy atom. The summed E-state index contributed by atoms with van der Waals surface area (Å²) < 4.78 is 21.0. The number of para-hydroxylation sites is 1. The molecule has 0 aliphatic heterocycles. The second-order valence-electron chi connectivity index (χ2n) is 7.06. The van der Waals surface area contributed by atoms with Crippen LogP contribution in [0.15, 0.2) is 78.3 Å². The van der Waals surface area contributed by atoms with E-state index in [2.05, 4.69) is 33.5 Å². The van der Waals surface area contributed by atoms with Crippen LogP contribution in [0, 0.1) is 5.82 Å². The molecule has 7 nitrogen and oxygen atoms in total. The molecule has 0 atom stereocenters. The molecular weight excluding hydrogens is 441 g/mol. The highest BCUT2D eigenvalue weighted by atomic mass is 32.2. The van der Waals surface area contributed by atoms with Crippen molar-refractivity contribution < 1.29 is 13.9 Å². The van der Waals surface area contributed by atoms with Gasteiger partial charge in [-0.15, -0.1) is 10.2 Å². The third-order valence-electron chi connectivity index (χ3n) is 4.82. The van der Waals surface area contributed by atoms with Crippen LogP contribution >= 0.6 is 11.8 Å². The minimum atomic E-state index is -0.398. The van der Waals surface area contributed by atoms with Crippen LogP contribution < -0.4 is 10.1 Å². The van der Waals surface area contributed by atoms with E-state index in [1.54, 1.807) is 36.8 Å². The zero-order valence-electron chi connectivity index (χ0n) is 17.9. The fourth-order valence-electron chi connectivity index (χ4n) is 3.20. The monoisotopic (exact) mass is 463 g/mol. The largest absolute Gasteiger partial charge is 0.439 e. The number of hydrogen-bond donors (Lipinski definition) is 1. The van der Waals surface area contributed by atoms with Gasteiger partial charge in [0.2, 0.25) is 11.8 Å². The van der Waals surface area contributed by atoms with Crippen LogP contribution in [0.3, 0.4) is 0 Å². The van der Waals surface area contributed by atoms with Gasteiger partial charge in [-0.2, -0.15) is 0 Å². The topological polar surface area (TPSA) is 81.9 Å². The van der Waals surface area contributed by atoms with Crippen molar-refractivity contribution in [2.75, 3.05) is 5.75 Å². The van der Waals surface area contributed by atoms with Crippen molar-refractivity contribution in [2.24, 2.45) is 0 Å². The van der Waals surface area contributed by atoms with Crippen LogP contribution in [0.4, 0.5) is 4.39 Å². The summed E-state index contributed by atoms with van der Waals surface area (Å²) in [5.74, 6) is 0.256. The van der Waals surface area contributed by atoms with Crippen molar-refractivity contribution in [1.29, 1.82) is 0 Å². The summed E-state index contributed by atoms with van der Waals surface area (Å²) in [6.45, 7) is 2.32. The van der Waals surface area contributed by atoms with Crippen molar-refractivity contribution in [3.05, 3.63) is 90.1 Å². The molecular formula is C24H22FN5O2S. The lowest BCUT2D eigenvalue weighted by molar-refractivity contribution is -0.118. The number of ether oxygens (including phenoxy) is 1. The van der Waals surface area contributed by atoms with E-state index in [9.17, 15) is 9.18 Å². The van der Waals surface area contributed by atoms with Crippen molar-refractivity contribution in [1.82, 2.24) is 25.1 Å². The maximum Gasteiger partial charge on any atom is 0.230 e. The molecule has 2 heterocycles. The van der Waals surface area contributed by atoms with Crippen molar-refractivity contribution in [2.45, 2.75) is 25.0 Å². The molecule has 2 aromatic heterocycles. The lowest BCUT2D eigenvalue weighted by Crippen LogP contribution is -2.25. The van der Waals surface area contributed by atoms with Crippen LogP contribution in [0.2, 0.25) is 0 Å². The molecule has 0 bridgehead atoms. The first-order valence-electron chi connectivity index (χ1n) is 10.4. The quantitative estimate of drug-likeness (QED) is 0.366. The van der Waals surface area contributed by atoms with Crippen LogP contribution in [0.25, 0.3) is 5.69 Å². The van der Waals surface area contributed by atoms with Crippen molar-refractivity contribution in [3.8, 4) is 17.3 Å². The summed E-state index contributed by atoms with van der Waals surface area (Å²) in [6.07, 6.45) is 4.11. The van der Waals surface area contributed by atoms with Gasteiger partial charge in [-0.3, -0.25) is 9.36 Å². The smallest absolute Gasteiger partial charge is 0.230 e. The Hall–Kier alpha value is -3.72. The second kappa shape index (κ2) is 10.7. The standard InChI is InChI=1S/C24H22FN5O2S/c1-2-17-7-3-4-11-21(17)30-16-28-29-24(30)33-15-22(31)27-14-18-8-6-12-26-23(18)32-20-10-5-9-19(25)13-20/h3-13,16H,2,14-15H2,1H3,(H,27,31). The molecule has 9 heteroatoms. The van der Waals surface area contributed by atoms with E-state index in [0.717, 1.165) is 12.1 Å².